The van der Waals surface area contributed by atoms with Crippen molar-refractivity contribution in [3.8, 4) is 0 Å². The van der Waals surface area contributed by atoms with Crippen molar-refractivity contribution in [3.63, 3.8) is 0 Å². The van der Waals surface area contributed by atoms with Crippen LogP contribution >= 0.6 is 11.8 Å². The minimum absolute atomic E-state index is 0.217. The van der Waals surface area contributed by atoms with E-state index in [9.17, 15) is 9.59 Å². The molecule has 27 heavy (non-hydrogen) atoms. The van der Waals surface area contributed by atoms with E-state index in [1.165, 1.54) is 11.8 Å². The highest BCUT2D eigenvalue weighted by Crippen LogP contribution is 2.31. The Labute approximate surface area is 159 Å². The molecule has 2 aromatic heterocycles. The van der Waals surface area contributed by atoms with Crippen LogP contribution in [0.2, 0.25) is 0 Å². The van der Waals surface area contributed by atoms with Gasteiger partial charge in [-0.2, -0.15) is 0 Å². The molecule has 3 rings (SSSR count). The number of amides is 2. The predicted octanol–water partition coefficient (Wildman–Crippen LogP) is 1.56. The number of aromatic nitrogens is 4. The number of tetrazole rings is 1. The number of aryl methyl sites for hydroxylation is 2. The maximum Gasteiger partial charge on any atom is 0.338 e. The smallest absolute Gasteiger partial charge is 0.338 e. The average molecular weight is 392 g/mol. The first kappa shape index (κ1) is 19.0. The molecule has 0 fully saturated rings. The van der Waals surface area contributed by atoms with Crippen molar-refractivity contribution in [2.24, 2.45) is 0 Å². The molecule has 0 aromatic carbocycles. The highest BCUT2D eigenvalue weighted by Gasteiger charge is 2.35. The second-order valence-corrected chi connectivity index (χ2v) is 6.60. The van der Waals surface area contributed by atoms with Crippen molar-refractivity contribution in [3.05, 3.63) is 34.9 Å². The number of nitrogens with one attached hydrogen (secondary N) is 2. The fourth-order valence-electron chi connectivity index (χ4n) is 2.64. The number of ether oxygens (including phenoxy) is 1. The maximum absolute atomic E-state index is 12.6. The summed E-state index contributed by atoms with van der Waals surface area (Å²) in [5.74, 6) is 0.915. The topological polar surface area (TPSA) is 124 Å². The third-order valence-corrected chi connectivity index (χ3v) is 4.82. The lowest BCUT2D eigenvalue weighted by Gasteiger charge is -2.27. The summed E-state index contributed by atoms with van der Waals surface area (Å²) in [6.07, 6.45) is 0. The van der Waals surface area contributed by atoms with Gasteiger partial charge in [-0.25, -0.2) is 14.3 Å². The molecule has 1 unspecified atom stereocenters. The first-order valence-corrected chi connectivity index (χ1v) is 9.45. The van der Waals surface area contributed by atoms with Gasteiger partial charge in [-0.1, -0.05) is 11.8 Å². The van der Waals surface area contributed by atoms with E-state index >= 15 is 0 Å². The molecule has 0 radical (unpaired) electrons. The maximum atomic E-state index is 12.6. The molecule has 0 saturated heterocycles. The van der Waals surface area contributed by atoms with E-state index in [0.29, 0.717) is 34.5 Å². The van der Waals surface area contributed by atoms with Gasteiger partial charge in [0.15, 0.2) is 0 Å². The molecule has 2 aromatic rings. The lowest BCUT2D eigenvalue weighted by Crippen LogP contribution is -2.46. The average Bonchev–Trinajstić information content (AvgIpc) is 3.27. The first-order valence-electron chi connectivity index (χ1n) is 8.46. The van der Waals surface area contributed by atoms with Gasteiger partial charge in [-0.15, -0.1) is 5.10 Å². The van der Waals surface area contributed by atoms with Gasteiger partial charge in [0.05, 0.1) is 12.2 Å². The number of nitrogens with zero attached hydrogens (tertiary/aromatic N) is 4. The zero-order chi connectivity index (χ0) is 19.4. The Morgan fingerprint density at radius 3 is 2.89 bits per heavy atom. The molecular formula is C16H20N6O4S. The quantitative estimate of drug-likeness (QED) is 0.537. The normalized spacial score (nSPS) is 16.9. The minimum Gasteiger partial charge on any atom is -0.464 e. The number of hydrogen-bond donors (Lipinski definition) is 2. The Morgan fingerprint density at radius 1 is 1.41 bits per heavy atom. The standard InChI is InChI=1S/C16H20N6O4S/c1-4-22-16(19-20-21-22)27-8-10-12(14(23)25-5-2)13(18-15(24)17-10)11-7-6-9(3)26-11/h6-7,13H,4-5,8H2,1-3H3,(H2,17,18,24). The Hall–Kier alpha value is -2.82. The molecule has 3 heterocycles. The van der Waals surface area contributed by atoms with E-state index in [1.54, 1.807) is 30.7 Å². The predicted molar refractivity (Wildman–Crippen MR) is 95.7 cm³/mol. The molecule has 0 spiro atoms. The molecule has 0 saturated carbocycles. The highest BCUT2D eigenvalue weighted by atomic mass is 32.2. The Kier molecular flexibility index (Phi) is 5.79. The van der Waals surface area contributed by atoms with Crippen LogP contribution in [0.5, 0.6) is 0 Å². The monoisotopic (exact) mass is 392 g/mol. The van der Waals surface area contributed by atoms with Gasteiger partial charge in [0.1, 0.15) is 17.6 Å². The first-order chi connectivity index (χ1) is 13.0. The van der Waals surface area contributed by atoms with Crippen molar-refractivity contribution in [2.45, 2.75) is 38.5 Å². The van der Waals surface area contributed by atoms with Gasteiger partial charge in [0, 0.05) is 18.0 Å². The number of hydrogen-bond acceptors (Lipinski definition) is 8. The molecule has 11 heteroatoms. The summed E-state index contributed by atoms with van der Waals surface area (Å²) in [6, 6.07) is 2.35. The molecule has 10 nitrogen and oxygen atoms in total. The van der Waals surface area contributed by atoms with Crippen molar-refractivity contribution in [1.82, 2.24) is 30.8 Å². The Morgan fingerprint density at radius 2 is 2.22 bits per heavy atom. The van der Waals surface area contributed by atoms with Crippen molar-refractivity contribution >= 4 is 23.8 Å². The van der Waals surface area contributed by atoms with E-state index in [0.717, 1.165) is 0 Å². The van der Waals surface area contributed by atoms with Crippen LogP contribution in [0.4, 0.5) is 4.79 Å². The van der Waals surface area contributed by atoms with E-state index < -0.39 is 18.0 Å². The van der Waals surface area contributed by atoms with Gasteiger partial charge in [0.2, 0.25) is 5.16 Å². The number of rotatable bonds is 7. The fraction of sp³-hybridized carbons (Fsp3) is 0.438. The second kappa shape index (κ2) is 8.25. The van der Waals surface area contributed by atoms with E-state index in [1.807, 2.05) is 6.92 Å². The summed E-state index contributed by atoms with van der Waals surface area (Å²) in [7, 11) is 0. The zero-order valence-electron chi connectivity index (χ0n) is 15.2. The highest BCUT2D eigenvalue weighted by molar-refractivity contribution is 7.99. The number of thioether (sulfide) groups is 1. The van der Waals surface area contributed by atoms with Crippen LogP contribution in [0.15, 0.2) is 33.0 Å². The van der Waals surface area contributed by atoms with E-state index in [-0.39, 0.29) is 12.4 Å². The molecule has 1 aliphatic rings. The SMILES string of the molecule is CCOC(=O)C1=C(CSc2nnnn2CC)NC(=O)NC1c1ccc(C)o1. The van der Waals surface area contributed by atoms with Crippen LogP contribution in [-0.4, -0.2) is 44.6 Å². The Balaban J connectivity index is 1.95. The molecule has 2 N–H and O–H groups in total. The number of furan rings is 1. The summed E-state index contributed by atoms with van der Waals surface area (Å²) in [5, 5.41) is 17.5. The van der Waals surface area contributed by atoms with Crippen molar-refractivity contribution in [2.75, 3.05) is 12.4 Å². The van der Waals surface area contributed by atoms with E-state index in [2.05, 4.69) is 26.2 Å². The van der Waals surface area contributed by atoms with E-state index in [4.69, 9.17) is 9.15 Å². The lowest BCUT2D eigenvalue weighted by atomic mass is 10.0. The van der Waals surface area contributed by atoms with Crippen LogP contribution in [0.3, 0.4) is 0 Å². The molecule has 1 atom stereocenters. The van der Waals surface area contributed by atoms with Crippen LogP contribution in [0.1, 0.15) is 31.4 Å². The lowest BCUT2D eigenvalue weighted by molar-refractivity contribution is -0.139. The second-order valence-electron chi connectivity index (χ2n) is 5.66. The number of carbonyl (C=O) groups excluding carboxylic acids is 2. The largest absolute Gasteiger partial charge is 0.464 e. The number of urea groups is 1. The number of esters is 1. The molecule has 144 valence electrons. The van der Waals surface area contributed by atoms with Gasteiger partial charge < -0.3 is 19.8 Å². The molecule has 0 aliphatic carbocycles. The van der Waals surface area contributed by atoms with Crippen LogP contribution in [-0.2, 0) is 16.1 Å². The van der Waals surface area contributed by atoms with Gasteiger partial charge in [-0.05, 0) is 43.3 Å². The summed E-state index contributed by atoms with van der Waals surface area (Å²) < 4.78 is 12.5. The Bertz CT molecular complexity index is 874. The van der Waals surface area contributed by atoms with Crippen LogP contribution in [0, 0.1) is 6.92 Å². The summed E-state index contributed by atoms with van der Waals surface area (Å²) >= 11 is 1.32. The summed E-state index contributed by atoms with van der Waals surface area (Å²) in [4.78, 5) is 24.8. The minimum atomic E-state index is -0.732. The fourth-order valence-corrected chi connectivity index (χ4v) is 3.55. The van der Waals surface area contributed by atoms with Gasteiger partial charge >= 0.3 is 12.0 Å². The molecule has 0 bridgehead atoms. The molecule has 1 aliphatic heterocycles. The summed E-state index contributed by atoms with van der Waals surface area (Å²) in [5.41, 5.74) is 0.737. The summed E-state index contributed by atoms with van der Waals surface area (Å²) in [6.45, 7) is 6.27. The molecule has 2 amide bonds. The van der Waals surface area contributed by atoms with Crippen molar-refractivity contribution in [1.29, 1.82) is 0 Å². The number of carbonyl (C=O) groups is 2. The van der Waals surface area contributed by atoms with Crippen molar-refractivity contribution < 1.29 is 18.7 Å². The zero-order valence-corrected chi connectivity index (χ0v) is 16.0. The van der Waals surface area contributed by atoms with Crippen LogP contribution in [0.25, 0.3) is 0 Å². The van der Waals surface area contributed by atoms with Gasteiger partial charge in [0.25, 0.3) is 0 Å². The third kappa shape index (κ3) is 4.13. The molecular weight excluding hydrogens is 372 g/mol. The third-order valence-electron chi connectivity index (χ3n) is 3.84. The van der Waals surface area contributed by atoms with Gasteiger partial charge in [-0.3, -0.25) is 0 Å². The van der Waals surface area contributed by atoms with Crippen LogP contribution < -0.4 is 10.6 Å².